The van der Waals surface area contributed by atoms with E-state index in [0.717, 1.165) is 0 Å². The van der Waals surface area contributed by atoms with Gasteiger partial charge in [-0.15, -0.1) is 0 Å². The summed E-state index contributed by atoms with van der Waals surface area (Å²) in [5.74, 6) is 0.307. The summed E-state index contributed by atoms with van der Waals surface area (Å²) < 4.78 is -0.162. The molecule has 94 valence electrons. The molecule has 0 aromatic heterocycles. The molecule has 0 saturated heterocycles. The molecule has 3 rings (SSSR count). The van der Waals surface area contributed by atoms with E-state index in [9.17, 15) is 0 Å². The zero-order valence-corrected chi connectivity index (χ0v) is 12.1. The second kappa shape index (κ2) is 5.18. The van der Waals surface area contributed by atoms with E-state index in [4.69, 9.17) is 0 Å². The number of allylic oxidation sites excluding steroid dienone is 4. The minimum atomic E-state index is -0.162. The first kappa shape index (κ1) is 12.4. The van der Waals surface area contributed by atoms with Crippen molar-refractivity contribution in [2.45, 2.75) is 10.2 Å². The molecule has 0 fully saturated rings. The van der Waals surface area contributed by atoms with Crippen LogP contribution in [0.2, 0.25) is 0 Å². The number of benzene rings is 2. The van der Waals surface area contributed by atoms with Crippen LogP contribution in [0.15, 0.2) is 85.0 Å². The molecule has 0 heterocycles. The summed E-state index contributed by atoms with van der Waals surface area (Å²) in [6.07, 6.45) is 8.73. The Morgan fingerprint density at radius 1 is 0.789 bits per heavy atom. The van der Waals surface area contributed by atoms with Gasteiger partial charge in [0.15, 0.2) is 0 Å². The first-order chi connectivity index (χ1) is 9.31. The van der Waals surface area contributed by atoms with Crippen LogP contribution in [0.4, 0.5) is 0 Å². The molecule has 0 amide bonds. The molecule has 0 aliphatic heterocycles. The first-order valence-electron chi connectivity index (χ1n) is 6.46. The molecule has 0 saturated carbocycles. The smallest absolute Gasteiger partial charge is 0.0750 e. The van der Waals surface area contributed by atoms with Gasteiger partial charge < -0.3 is 0 Å². The van der Waals surface area contributed by atoms with Gasteiger partial charge in [0.2, 0.25) is 0 Å². The van der Waals surface area contributed by atoms with Crippen LogP contribution in [-0.2, 0) is 4.32 Å². The lowest BCUT2D eigenvalue weighted by atomic mass is 9.79. The van der Waals surface area contributed by atoms with E-state index < -0.39 is 0 Å². The van der Waals surface area contributed by atoms with E-state index in [1.165, 1.54) is 11.1 Å². The Bertz CT molecular complexity index is 598. The van der Waals surface area contributed by atoms with Crippen LogP contribution in [0, 0.1) is 0 Å². The highest BCUT2D eigenvalue weighted by Crippen LogP contribution is 2.48. The van der Waals surface area contributed by atoms with E-state index in [1.807, 2.05) is 0 Å². The summed E-state index contributed by atoms with van der Waals surface area (Å²) in [5, 5.41) is 0. The standard InChI is InChI=1S/C18H15Br/c19-18(16-11-5-2-6-12-16)14-8-7-13-17(18)15-9-3-1-4-10-15/h1-14,17H. The molecule has 0 bridgehead atoms. The molecule has 2 unspecified atom stereocenters. The molecule has 1 heteroatoms. The molecule has 1 aliphatic carbocycles. The number of alkyl halides is 1. The third-order valence-electron chi connectivity index (χ3n) is 3.58. The Kier molecular flexibility index (Phi) is 3.39. The van der Waals surface area contributed by atoms with Crippen molar-refractivity contribution in [3.63, 3.8) is 0 Å². The average molecular weight is 311 g/mol. The van der Waals surface area contributed by atoms with Crippen LogP contribution in [0.25, 0.3) is 0 Å². The number of rotatable bonds is 2. The van der Waals surface area contributed by atoms with Gasteiger partial charge in [-0.2, -0.15) is 0 Å². The minimum Gasteiger partial charge on any atom is -0.0750 e. The van der Waals surface area contributed by atoms with Crippen LogP contribution in [0.1, 0.15) is 17.0 Å². The molecular formula is C18H15Br. The second-order valence-electron chi connectivity index (χ2n) is 4.77. The summed E-state index contributed by atoms with van der Waals surface area (Å²) in [5.41, 5.74) is 2.60. The molecule has 2 aromatic rings. The Hall–Kier alpha value is -1.60. The van der Waals surface area contributed by atoms with Crippen LogP contribution in [-0.4, -0.2) is 0 Å². The van der Waals surface area contributed by atoms with E-state index in [-0.39, 0.29) is 4.32 Å². The van der Waals surface area contributed by atoms with Crippen LogP contribution in [0.3, 0.4) is 0 Å². The quantitative estimate of drug-likeness (QED) is 0.670. The van der Waals surface area contributed by atoms with Crippen molar-refractivity contribution in [2.75, 3.05) is 0 Å². The van der Waals surface area contributed by atoms with Crippen LogP contribution in [0.5, 0.6) is 0 Å². The molecular weight excluding hydrogens is 296 g/mol. The van der Waals surface area contributed by atoms with Crippen LogP contribution < -0.4 is 0 Å². The molecule has 2 aromatic carbocycles. The first-order valence-corrected chi connectivity index (χ1v) is 7.25. The van der Waals surface area contributed by atoms with Gasteiger partial charge >= 0.3 is 0 Å². The Balaban J connectivity index is 2.08. The van der Waals surface area contributed by atoms with Crippen molar-refractivity contribution in [1.29, 1.82) is 0 Å². The lowest BCUT2D eigenvalue weighted by molar-refractivity contribution is 0.684. The zero-order chi connectivity index (χ0) is 13.1. The summed E-state index contributed by atoms with van der Waals surface area (Å²) in [6.45, 7) is 0. The summed E-state index contributed by atoms with van der Waals surface area (Å²) in [7, 11) is 0. The maximum Gasteiger partial charge on any atom is 0.0791 e. The predicted octanol–water partition coefficient (Wildman–Crippen LogP) is 5.19. The van der Waals surface area contributed by atoms with Gasteiger partial charge in [-0.3, -0.25) is 0 Å². The molecule has 2 atom stereocenters. The maximum absolute atomic E-state index is 3.97. The largest absolute Gasteiger partial charge is 0.0791 e. The Morgan fingerprint density at radius 2 is 1.42 bits per heavy atom. The van der Waals surface area contributed by atoms with E-state index >= 15 is 0 Å². The molecule has 0 nitrogen and oxygen atoms in total. The van der Waals surface area contributed by atoms with Crippen LogP contribution >= 0.6 is 15.9 Å². The topological polar surface area (TPSA) is 0 Å². The minimum absolute atomic E-state index is 0.162. The second-order valence-corrected chi connectivity index (χ2v) is 6.08. The van der Waals surface area contributed by atoms with E-state index in [2.05, 4.69) is 101 Å². The van der Waals surface area contributed by atoms with Crippen molar-refractivity contribution in [3.05, 3.63) is 96.1 Å². The highest BCUT2D eigenvalue weighted by atomic mass is 79.9. The summed E-state index contributed by atoms with van der Waals surface area (Å²) >= 11 is 3.97. The number of hydrogen-bond donors (Lipinski definition) is 0. The fourth-order valence-electron chi connectivity index (χ4n) is 2.60. The van der Waals surface area contributed by atoms with Gasteiger partial charge in [0, 0.05) is 5.92 Å². The van der Waals surface area contributed by atoms with Gasteiger partial charge in [0.05, 0.1) is 4.32 Å². The number of halogens is 1. The van der Waals surface area contributed by atoms with Crippen molar-refractivity contribution >= 4 is 15.9 Å². The molecule has 0 N–H and O–H groups in total. The van der Waals surface area contributed by atoms with Crippen molar-refractivity contribution in [2.24, 2.45) is 0 Å². The van der Waals surface area contributed by atoms with E-state index in [0.29, 0.717) is 5.92 Å². The molecule has 19 heavy (non-hydrogen) atoms. The van der Waals surface area contributed by atoms with Crippen molar-refractivity contribution < 1.29 is 0 Å². The Labute approximate surface area is 122 Å². The normalized spacial score (nSPS) is 25.4. The fourth-order valence-corrected chi connectivity index (χ4v) is 3.43. The van der Waals surface area contributed by atoms with Gasteiger partial charge in [-0.05, 0) is 11.1 Å². The third-order valence-corrected chi connectivity index (χ3v) is 4.80. The van der Waals surface area contributed by atoms with E-state index in [1.54, 1.807) is 0 Å². The van der Waals surface area contributed by atoms with Gasteiger partial charge in [0.1, 0.15) is 0 Å². The average Bonchev–Trinajstić information content (AvgIpc) is 2.49. The Morgan fingerprint density at radius 3 is 2.11 bits per heavy atom. The maximum atomic E-state index is 3.97. The summed E-state index contributed by atoms with van der Waals surface area (Å²) in [4.78, 5) is 0. The highest BCUT2D eigenvalue weighted by molar-refractivity contribution is 9.09. The molecule has 0 spiro atoms. The summed E-state index contributed by atoms with van der Waals surface area (Å²) in [6, 6.07) is 21.2. The predicted molar refractivity (Wildman–Crippen MR) is 84.5 cm³/mol. The molecule has 0 radical (unpaired) electrons. The highest BCUT2D eigenvalue weighted by Gasteiger charge is 2.36. The zero-order valence-electron chi connectivity index (χ0n) is 10.5. The molecule has 1 aliphatic rings. The third kappa shape index (κ3) is 2.31. The monoisotopic (exact) mass is 310 g/mol. The van der Waals surface area contributed by atoms with Crippen molar-refractivity contribution in [3.8, 4) is 0 Å². The van der Waals surface area contributed by atoms with Gasteiger partial charge in [-0.1, -0.05) is 101 Å². The van der Waals surface area contributed by atoms with Crippen molar-refractivity contribution in [1.82, 2.24) is 0 Å². The lowest BCUT2D eigenvalue weighted by Gasteiger charge is -2.34. The lowest BCUT2D eigenvalue weighted by Crippen LogP contribution is -2.25. The number of hydrogen-bond acceptors (Lipinski definition) is 0. The SMILES string of the molecule is BrC1(c2ccccc2)C=CC=CC1c1ccccc1. The van der Waals surface area contributed by atoms with Gasteiger partial charge in [-0.25, -0.2) is 0 Å². The van der Waals surface area contributed by atoms with Gasteiger partial charge in [0.25, 0.3) is 0 Å². The fraction of sp³-hybridized carbons (Fsp3) is 0.111.